The predicted octanol–water partition coefficient (Wildman–Crippen LogP) is 4.52. The maximum absolute atomic E-state index is 12.4. The molecule has 1 aromatic carbocycles. The highest BCUT2D eigenvalue weighted by Gasteiger charge is 2.13. The number of likely N-dealkylation sites (tertiary alicyclic amines) is 1. The Bertz CT molecular complexity index is 709. The number of nitrogens with zero attached hydrogens (tertiary/aromatic N) is 3. The molecule has 0 aliphatic carbocycles. The summed E-state index contributed by atoms with van der Waals surface area (Å²) in [5.41, 5.74) is 1.91. The first kappa shape index (κ1) is 19.3. The summed E-state index contributed by atoms with van der Waals surface area (Å²) in [5.74, 6) is 1.47. The summed E-state index contributed by atoms with van der Waals surface area (Å²) in [6.45, 7) is 7.67. The van der Waals surface area contributed by atoms with E-state index in [9.17, 15) is 4.79 Å². The van der Waals surface area contributed by atoms with Crippen molar-refractivity contribution in [1.82, 2.24) is 15.1 Å². The Morgan fingerprint density at radius 1 is 1.19 bits per heavy atom. The molecule has 7 heteroatoms. The lowest BCUT2D eigenvalue weighted by Crippen LogP contribution is -2.29. The lowest BCUT2D eigenvalue weighted by Gasteiger charge is -2.26. The van der Waals surface area contributed by atoms with Crippen molar-refractivity contribution in [2.75, 3.05) is 24.2 Å². The summed E-state index contributed by atoms with van der Waals surface area (Å²) in [4.78, 5) is 14.9. The molecule has 1 aromatic heterocycles. The van der Waals surface area contributed by atoms with Gasteiger partial charge in [0.2, 0.25) is 5.13 Å². The third kappa shape index (κ3) is 5.79. The number of aromatic nitrogens is 2. The van der Waals surface area contributed by atoms with E-state index in [2.05, 4.69) is 34.3 Å². The van der Waals surface area contributed by atoms with Crippen LogP contribution in [0.1, 0.15) is 49.0 Å². The van der Waals surface area contributed by atoms with Crippen molar-refractivity contribution in [3.8, 4) is 0 Å². The molecular weight excluding hydrogens is 364 g/mol. The summed E-state index contributed by atoms with van der Waals surface area (Å²) < 4.78 is 0.894. The minimum absolute atomic E-state index is 0.133. The number of nitrogens with one attached hydrogen (secondary N) is 1. The molecule has 0 unspecified atom stereocenters. The highest BCUT2D eigenvalue weighted by atomic mass is 32.2. The molecule has 0 bridgehead atoms. The molecule has 2 aromatic rings. The molecule has 1 saturated heterocycles. The van der Waals surface area contributed by atoms with Crippen LogP contribution in [-0.4, -0.2) is 39.8 Å². The number of rotatable bonds is 7. The molecule has 0 spiro atoms. The second-order valence-electron chi connectivity index (χ2n) is 7.07. The monoisotopic (exact) mass is 390 g/mol. The summed E-state index contributed by atoms with van der Waals surface area (Å²) in [5, 5.41) is 11.6. The Kier molecular flexibility index (Phi) is 7.05. The first-order chi connectivity index (χ1) is 12.6. The van der Waals surface area contributed by atoms with Crippen molar-refractivity contribution in [3.63, 3.8) is 0 Å². The van der Waals surface area contributed by atoms with Gasteiger partial charge in [0.1, 0.15) is 0 Å². The fraction of sp³-hybridized carbons (Fsp3) is 0.526. The van der Waals surface area contributed by atoms with E-state index < -0.39 is 0 Å². The highest BCUT2D eigenvalue weighted by Crippen LogP contribution is 2.27. The Labute approximate surface area is 163 Å². The zero-order chi connectivity index (χ0) is 18.4. The number of thioether (sulfide) groups is 1. The van der Waals surface area contributed by atoms with Gasteiger partial charge in [0.05, 0.1) is 0 Å². The van der Waals surface area contributed by atoms with Crippen molar-refractivity contribution in [2.45, 2.75) is 44.0 Å². The van der Waals surface area contributed by atoms with E-state index in [1.54, 1.807) is 11.8 Å². The number of carbonyl (C=O) groups is 1. The van der Waals surface area contributed by atoms with Crippen LogP contribution in [0.2, 0.25) is 0 Å². The van der Waals surface area contributed by atoms with Crippen molar-refractivity contribution in [1.29, 1.82) is 0 Å². The molecule has 5 nitrogen and oxygen atoms in total. The second-order valence-corrected chi connectivity index (χ2v) is 9.31. The van der Waals surface area contributed by atoms with Gasteiger partial charge in [-0.05, 0) is 49.5 Å². The number of piperidine rings is 1. The van der Waals surface area contributed by atoms with Gasteiger partial charge in [0.25, 0.3) is 5.91 Å². The summed E-state index contributed by atoms with van der Waals surface area (Å²) >= 11 is 3.11. The summed E-state index contributed by atoms with van der Waals surface area (Å²) in [6, 6.07) is 7.88. The van der Waals surface area contributed by atoms with Crippen LogP contribution in [0.4, 0.5) is 5.13 Å². The smallest absolute Gasteiger partial charge is 0.257 e. The van der Waals surface area contributed by atoms with E-state index in [0.717, 1.165) is 16.6 Å². The standard InChI is InChI=1S/C19H26N4OS2/c1-14(2)13-25-19-22-21-18(26-19)20-17(24)16-8-6-15(7-9-16)12-23-10-4-3-5-11-23/h6-9,14H,3-5,10-13H2,1-2H3,(H,20,21,24). The number of hydrogen-bond donors (Lipinski definition) is 1. The van der Waals surface area contributed by atoms with Crippen molar-refractivity contribution in [2.24, 2.45) is 5.92 Å². The molecule has 2 heterocycles. The first-order valence-corrected chi connectivity index (χ1v) is 11.0. The van der Waals surface area contributed by atoms with Gasteiger partial charge in [-0.15, -0.1) is 10.2 Å². The van der Waals surface area contributed by atoms with Gasteiger partial charge in [-0.3, -0.25) is 15.0 Å². The van der Waals surface area contributed by atoms with E-state index >= 15 is 0 Å². The molecule has 1 aliphatic rings. The molecule has 0 saturated carbocycles. The highest BCUT2D eigenvalue weighted by molar-refractivity contribution is 8.01. The Balaban J connectivity index is 1.52. The number of anilines is 1. The minimum Gasteiger partial charge on any atom is -0.299 e. The average Bonchev–Trinajstić information content (AvgIpc) is 3.09. The van der Waals surface area contributed by atoms with Gasteiger partial charge in [-0.25, -0.2) is 0 Å². The van der Waals surface area contributed by atoms with Crippen molar-refractivity contribution >= 4 is 34.1 Å². The Morgan fingerprint density at radius 3 is 2.62 bits per heavy atom. The van der Waals surface area contributed by atoms with Gasteiger partial charge in [0.15, 0.2) is 4.34 Å². The van der Waals surface area contributed by atoms with Gasteiger partial charge in [-0.1, -0.05) is 55.5 Å². The lowest BCUT2D eigenvalue weighted by molar-refractivity contribution is 0.102. The molecule has 1 fully saturated rings. The molecule has 26 heavy (non-hydrogen) atoms. The number of carbonyl (C=O) groups excluding carboxylic acids is 1. The molecule has 140 valence electrons. The minimum atomic E-state index is -0.133. The predicted molar refractivity (Wildman–Crippen MR) is 109 cm³/mol. The maximum Gasteiger partial charge on any atom is 0.257 e. The lowest BCUT2D eigenvalue weighted by atomic mass is 10.1. The van der Waals surface area contributed by atoms with Gasteiger partial charge in [-0.2, -0.15) is 0 Å². The summed E-state index contributed by atoms with van der Waals surface area (Å²) in [7, 11) is 0. The topological polar surface area (TPSA) is 58.1 Å². The van der Waals surface area contributed by atoms with Crippen LogP contribution in [0, 0.1) is 5.92 Å². The SMILES string of the molecule is CC(C)CSc1nnc(NC(=O)c2ccc(CN3CCCCC3)cc2)s1. The Hall–Kier alpha value is -1.44. The third-order valence-corrected chi connectivity index (χ3v) is 6.64. The average molecular weight is 391 g/mol. The number of hydrogen-bond acceptors (Lipinski definition) is 6. The van der Waals surface area contributed by atoms with Crippen molar-refractivity contribution < 1.29 is 4.79 Å². The van der Waals surface area contributed by atoms with E-state index in [0.29, 0.717) is 16.6 Å². The van der Waals surface area contributed by atoms with Crippen LogP contribution in [0.3, 0.4) is 0 Å². The molecule has 0 atom stereocenters. The first-order valence-electron chi connectivity index (χ1n) is 9.19. The zero-order valence-electron chi connectivity index (χ0n) is 15.4. The van der Waals surface area contributed by atoms with E-state index in [1.165, 1.54) is 49.3 Å². The van der Waals surface area contributed by atoms with Gasteiger partial charge in [0, 0.05) is 17.9 Å². The Morgan fingerprint density at radius 2 is 1.92 bits per heavy atom. The third-order valence-electron chi connectivity index (χ3n) is 4.24. The second kappa shape index (κ2) is 9.48. The quantitative estimate of drug-likeness (QED) is 0.556. The number of amides is 1. The van der Waals surface area contributed by atoms with Crippen molar-refractivity contribution in [3.05, 3.63) is 35.4 Å². The molecule has 3 rings (SSSR count). The van der Waals surface area contributed by atoms with Crippen LogP contribution >= 0.6 is 23.1 Å². The van der Waals surface area contributed by atoms with E-state index in [-0.39, 0.29) is 5.91 Å². The normalized spacial score (nSPS) is 15.3. The molecule has 1 N–H and O–H groups in total. The fourth-order valence-corrected chi connectivity index (χ4v) is 4.59. The van der Waals surface area contributed by atoms with Gasteiger partial charge < -0.3 is 0 Å². The van der Waals surface area contributed by atoms with E-state index in [4.69, 9.17) is 0 Å². The molecule has 1 aliphatic heterocycles. The number of benzene rings is 1. The van der Waals surface area contributed by atoms with Crippen LogP contribution in [0.5, 0.6) is 0 Å². The summed E-state index contributed by atoms with van der Waals surface area (Å²) in [6.07, 6.45) is 3.93. The zero-order valence-corrected chi connectivity index (χ0v) is 17.0. The molecular formula is C19H26N4OS2. The van der Waals surface area contributed by atoms with Crippen LogP contribution in [0.25, 0.3) is 0 Å². The fourth-order valence-electron chi connectivity index (χ4n) is 2.86. The van der Waals surface area contributed by atoms with Gasteiger partial charge >= 0.3 is 0 Å². The molecule has 1 amide bonds. The van der Waals surface area contributed by atoms with E-state index in [1.807, 2.05) is 24.3 Å². The molecule has 0 radical (unpaired) electrons. The van der Waals surface area contributed by atoms with Crippen LogP contribution in [-0.2, 0) is 6.54 Å². The van der Waals surface area contributed by atoms with Crippen LogP contribution < -0.4 is 5.32 Å². The largest absolute Gasteiger partial charge is 0.299 e. The van der Waals surface area contributed by atoms with Crippen LogP contribution in [0.15, 0.2) is 28.6 Å². The maximum atomic E-state index is 12.4.